The third kappa shape index (κ3) is 7.71. The van der Waals surface area contributed by atoms with Crippen LogP contribution in [0.2, 0.25) is 0 Å². The van der Waals surface area contributed by atoms with Gasteiger partial charge in [-0.25, -0.2) is 0 Å². The van der Waals surface area contributed by atoms with E-state index in [9.17, 15) is 10.2 Å². The quantitative estimate of drug-likeness (QED) is 0.789. The molecule has 0 spiro atoms. The van der Waals surface area contributed by atoms with Crippen LogP contribution in [0.5, 0.6) is 0 Å². The van der Waals surface area contributed by atoms with Crippen LogP contribution in [0.4, 0.5) is 0 Å². The van der Waals surface area contributed by atoms with Gasteiger partial charge in [0, 0.05) is 0 Å². The average molecular weight is 282 g/mol. The number of hydrogen-bond donors (Lipinski definition) is 0. The van der Waals surface area contributed by atoms with Crippen LogP contribution in [-0.4, -0.2) is 37.7 Å². The number of benzene rings is 2. The largest absolute Gasteiger partial charge is 2.00 e. The molecule has 2 nitrogen and oxygen atoms in total. The molecule has 0 radical (unpaired) electrons. The molecule has 0 heterocycles. The van der Waals surface area contributed by atoms with Crippen molar-refractivity contribution in [3.63, 3.8) is 0 Å². The molecular formula is C16H18CaO2. The number of rotatable bonds is 2. The molecule has 0 aromatic heterocycles. The Labute approximate surface area is 145 Å². The normalized spacial score (nSPS) is 12.4. The molecule has 2 atom stereocenters. The van der Waals surface area contributed by atoms with Crippen LogP contribution in [0.3, 0.4) is 0 Å². The molecule has 19 heavy (non-hydrogen) atoms. The van der Waals surface area contributed by atoms with Gasteiger partial charge in [-0.3, -0.25) is 0 Å². The molecular weight excluding hydrogens is 264 g/mol. The third-order valence-electron chi connectivity index (χ3n) is 2.54. The maximum atomic E-state index is 10.7. The van der Waals surface area contributed by atoms with Crippen LogP contribution in [-0.2, 0) is 0 Å². The van der Waals surface area contributed by atoms with E-state index in [1.165, 1.54) is 0 Å². The molecule has 96 valence electrons. The summed E-state index contributed by atoms with van der Waals surface area (Å²) in [7, 11) is 0. The second-order valence-corrected chi connectivity index (χ2v) is 4.11. The van der Waals surface area contributed by atoms with Crippen molar-refractivity contribution in [2.45, 2.75) is 26.1 Å². The molecule has 2 aromatic rings. The van der Waals surface area contributed by atoms with E-state index < -0.39 is 12.2 Å². The van der Waals surface area contributed by atoms with Crippen LogP contribution >= 0.6 is 0 Å². The van der Waals surface area contributed by atoms with Crippen LogP contribution < -0.4 is 10.2 Å². The van der Waals surface area contributed by atoms with Gasteiger partial charge < -0.3 is 10.2 Å². The van der Waals surface area contributed by atoms with Crippen molar-refractivity contribution in [2.24, 2.45) is 0 Å². The van der Waals surface area contributed by atoms with Gasteiger partial charge in [0.2, 0.25) is 0 Å². The monoisotopic (exact) mass is 282 g/mol. The van der Waals surface area contributed by atoms with E-state index in [2.05, 4.69) is 0 Å². The van der Waals surface area contributed by atoms with Gasteiger partial charge in [-0.1, -0.05) is 85.6 Å². The molecule has 0 fully saturated rings. The van der Waals surface area contributed by atoms with Crippen molar-refractivity contribution in [3.05, 3.63) is 71.8 Å². The van der Waals surface area contributed by atoms with E-state index in [-0.39, 0.29) is 37.7 Å². The second-order valence-electron chi connectivity index (χ2n) is 4.11. The predicted molar refractivity (Wildman–Crippen MR) is 75.5 cm³/mol. The molecule has 0 N–H and O–H groups in total. The van der Waals surface area contributed by atoms with Crippen LogP contribution in [0, 0.1) is 0 Å². The molecule has 2 rings (SSSR count). The van der Waals surface area contributed by atoms with Crippen molar-refractivity contribution in [3.8, 4) is 0 Å². The smallest absolute Gasteiger partial charge is 0.849 e. The minimum Gasteiger partial charge on any atom is -0.849 e. The zero-order chi connectivity index (χ0) is 13.4. The van der Waals surface area contributed by atoms with Crippen molar-refractivity contribution >= 4 is 37.7 Å². The molecule has 0 amide bonds. The molecule has 0 aliphatic carbocycles. The first-order valence-electron chi connectivity index (χ1n) is 6.02. The summed E-state index contributed by atoms with van der Waals surface area (Å²) in [4.78, 5) is 0. The summed E-state index contributed by atoms with van der Waals surface area (Å²) in [6.45, 7) is 3.30. The summed E-state index contributed by atoms with van der Waals surface area (Å²) < 4.78 is 0. The van der Waals surface area contributed by atoms with Gasteiger partial charge in [0.15, 0.2) is 0 Å². The zero-order valence-corrected chi connectivity index (χ0v) is 13.7. The first-order chi connectivity index (χ1) is 8.61. The summed E-state index contributed by atoms with van der Waals surface area (Å²) in [5, 5.41) is 21.5. The number of hydrogen-bond acceptors (Lipinski definition) is 2. The van der Waals surface area contributed by atoms with E-state index in [1.54, 1.807) is 13.8 Å². The van der Waals surface area contributed by atoms with E-state index in [1.807, 2.05) is 60.7 Å². The molecule has 0 saturated carbocycles. The summed E-state index contributed by atoms with van der Waals surface area (Å²) in [6, 6.07) is 18.7. The molecule has 2 aromatic carbocycles. The fraction of sp³-hybridized carbons (Fsp3) is 0.250. The summed E-state index contributed by atoms with van der Waals surface area (Å²) in [5.41, 5.74) is 1.72. The Morgan fingerprint density at radius 1 is 0.632 bits per heavy atom. The van der Waals surface area contributed by atoms with Gasteiger partial charge in [-0.05, 0) is 0 Å². The molecule has 3 heteroatoms. The van der Waals surface area contributed by atoms with E-state index in [0.29, 0.717) is 0 Å². The zero-order valence-electron chi connectivity index (χ0n) is 11.5. The standard InChI is InChI=1S/2C8H9O.Ca/c2*1-7(9)8-5-3-2-4-6-8;/h2*2-7H,1H3;/q2*-1;+2. The molecule has 2 unspecified atom stereocenters. The molecule has 0 aliphatic heterocycles. The topological polar surface area (TPSA) is 46.1 Å². The van der Waals surface area contributed by atoms with Gasteiger partial charge in [0.25, 0.3) is 0 Å². The minimum atomic E-state index is -0.591. The SMILES string of the molecule is CC([O-])c1ccccc1.CC([O-])c1ccccc1.[Ca+2]. The van der Waals surface area contributed by atoms with Gasteiger partial charge >= 0.3 is 37.7 Å². The maximum Gasteiger partial charge on any atom is 2.00 e. The second kappa shape index (κ2) is 10.4. The van der Waals surface area contributed by atoms with Crippen molar-refractivity contribution in [1.29, 1.82) is 0 Å². The van der Waals surface area contributed by atoms with E-state index >= 15 is 0 Å². The van der Waals surface area contributed by atoms with Crippen molar-refractivity contribution < 1.29 is 10.2 Å². The maximum absolute atomic E-state index is 10.7. The summed E-state index contributed by atoms with van der Waals surface area (Å²) >= 11 is 0. The summed E-state index contributed by atoms with van der Waals surface area (Å²) in [5.74, 6) is 0. The Morgan fingerprint density at radius 3 is 1.05 bits per heavy atom. The Morgan fingerprint density at radius 2 is 0.895 bits per heavy atom. The van der Waals surface area contributed by atoms with E-state index in [0.717, 1.165) is 11.1 Å². The van der Waals surface area contributed by atoms with E-state index in [4.69, 9.17) is 0 Å². The Bertz CT molecular complexity index is 384. The third-order valence-corrected chi connectivity index (χ3v) is 2.54. The van der Waals surface area contributed by atoms with Crippen LogP contribution in [0.25, 0.3) is 0 Å². The predicted octanol–water partition coefficient (Wildman–Crippen LogP) is 1.83. The Kier molecular flexibility index (Phi) is 10.2. The average Bonchev–Trinajstić information content (AvgIpc) is 2.41. The molecule has 0 aliphatic rings. The first-order valence-corrected chi connectivity index (χ1v) is 6.02. The summed E-state index contributed by atoms with van der Waals surface area (Å²) in [6.07, 6.45) is -1.18. The van der Waals surface area contributed by atoms with Crippen molar-refractivity contribution in [2.75, 3.05) is 0 Å². The molecule has 0 bridgehead atoms. The minimum absolute atomic E-state index is 0. The van der Waals surface area contributed by atoms with Gasteiger partial charge in [-0.15, -0.1) is 12.2 Å². The van der Waals surface area contributed by atoms with Gasteiger partial charge in [0.05, 0.1) is 0 Å². The molecule has 0 saturated heterocycles. The fourth-order valence-electron chi connectivity index (χ4n) is 1.45. The van der Waals surface area contributed by atoms with Gasteiger partial charge in [-0.2, -0.15) is 0 Å². The Hall–Kier alpha value is -0.380. The van der Waals surface area contributed by atoms with Crippen LogP contribution in [0.15, 0.2) is 60.7 Å². The Balaban J connectivity index is 0.000000324. The fourth-order valence-corrected chi connectivity index (χ4v) is 1.45. The van der Waals surface area contributed by atoms with Crippen molar-refractivity contribution in [1.82, 2.24) is 0 Å². The van der Waals surface area contributed by atoms with Crippen LogP contribution in [0.1, 0.15) is 37.2 Å². The first kappa shape index (κ1) is 18.6. The van der Waals surface area contributed by atoms with Gasteiger partial charge in [0.1, 0.15) is 0 Å².